The highest BCUT2D eigenvalue weighted by Gasteiger charge is 2.42. The van der Waals surface area contributed by atoms with Crippen LogP contribution in [0.25, 0.3) is 0 Å². The van der Waals surface area contributed by atoms with E-state index in [4.69, 9.17) is 0 Å². The number of piperidine rings is 1. The van der Waals surface area contributed by atoms with Crippen molar-refractivity contribution in [2.75, 3.05) is 12.8 Å². The molecule has 4 heteroatoms. The number of quaternary nitrogens is 1. The van der Waals surface area contributed by atoms with Gasteiger partial charge in [-0.2, -0.15) is 0 Å². The summed E-state index contributed by atoms with van der Waals surface area (Å²) in [5.74, 6) is 0.710. The second-order valence-electron chi connectivity index (χ2n) is 6.55. The SMILES string of the molecule is Cc1ccc(SCC(=O)NC2C[C@H]3CC[C@@H](C2)[NH+]3C)cc1. The van der Waals surface area contributed by atoms with Gasteiger partial charge in [-0.3, -0.25) is 4.79 Å². The second-order valence-corrected chi connectivity index (χ2v) is 7.60. The monoisotopic (exact) mass is 305 g/mol. The molecule has 2 unspecified atom stereocenters. The molecule has 114 valence electrons. The van der Waals surface area contributed by atoms with Gasteiger partial charge in [0.2, 0.25) is 5.91 Å². The summed E-state index contributed by atoms with van der Waals surface area (Å²) < 4.78 is 0. The van der Waals surface area contributed by atoms with Crippen molar-refractivity contribution in [3.05, 3.63) is 29.8 Å². The Kier molecular flexibility index (Phi) is 4.55. The smallest absolute Gasteiger partial charge is 0.230 e. The first-order valence-corrected chi connectivity index (χ1v) is 8.92. The predicted octanol–water partition coefficient (Wildman–Crippen LogP) is 1.41. The van der Waals surface area contributed by atoms with Gasteiger partial charge < -0.3 is 10.2 Å². The molecule has 0 spiro atoms. The van der Waals surface area contributed by atoms with Gasteiger partial charge in [-0.05, 0) is 19.1 Å². The maximum Gasteiger partial charge on any atom is 0.230 e. The molecule has 2 aliphatic heterocycles. The van der Waals surface area contributed by atoms with E-state index in [1.165, 1.54) is 23.3 Å². The summed E-state index contributed by atoms with van der Waals surface area (Å²) in [6.07, 6.45) is 4.98. The lowest BCUT2D eigenvalue weighted by Gasteiger charge is -2.33. The summed E-state index contributed by atoms with van der Waals surface area (Å²) in [5, 5.41) is 3.25. The topological polar surface area (TPSA) is 33.5 Å². The van der Waals surface area contributed by atoms with E-state index in [9.17, 15) is 4.79 Å². The van der Waals surface area contributed by atoms with Crippen LogP contribution in [0.1, 0.15) is 31.2 Å². The number of thioether (sulfide) groups is 1. The van der Waals surface area contributed by atoms with Gasteiger partial charge in [-0.25, -0.2) is 0 Å². The van der Waals surface area contributed by atoms with E-state index < -0.39 is 0 Å². The minimum atomic E-state index is 0.185. The Morgan fingerprint density at radius 3 is 2.48 bits per heavy atom. The molecule has 0 saturated carbocycles. The normalized spacial score (nSPS) is 31.1. The number of hydrogen-bond donors (Lipinski definition) is 2. The third-order valence-corrected chi connectivity index (χ3v) is 6.06. The van der Waals surface area contributed by atoms with E-state index in [2.05, 4.69) is 43.6 Å². The van der Waals surface area contributed by atoms with Gasteiger partial charge in [0.25, 0.3) is 0 Å². The van der Waals surface area contributed by atoms with Crippen LogP contribution in [0.5, 0.6) is 0 Å². The molecule has 0 aliphatic carbocycles. The van der Waals surface area contributed by atoms with Crippen LogP contribution in [0, 0.1) is 6.92 Å². The quantitative estimate of drug-likeness (QED) is 0.825. The summed E-state index contributed by atoms with van der Waals surface area (Å²) in [7, 11) is 2.31. The maximum atomic E-state index is 12.1. The molecule has 1 aromatic carbocycles. The molecule has 0 radical (unpaired) electrons. The van der Waals surface area contributed by atoms with Gasteiger partial charge >= 0.3 is 0 Å². The fraction of sp³-hybridized carbons (Fsp3) is 0.588. The summed E-state index contributed by atoms with van der Waals surface area (Å²) in [6.45, 7) is 2.08. The Hall–Kier alpha value is -1.00. The minimum absolute atomic E-state index is 0.185. The zero-order valence-corrected chi connectivity index (χ0v) is 13.7. The molecule has 4 atom stereocenters. The highest BCUT2D eigenvalue weighted by Crippen LogP contribution is 2.23. The zero-order chi connectivity index (χ0) is 14.8. The average Bonchev–Trinajstić information content (AvgIpc) is 2.69. The zero-order valence-electron chi connectivity index (χ0n) is 12.9. The van der Waals surface area contributed by atoms with Gasteiger partial charge in [-0.1, -0.05) is 17.7 Å². The van der Waals surface area contributed by atoms with Crippen molar-refractivity contribution in [1.29, 1.82) is 0 Å². The number of carbonyl (C=O) groups excluding carboxylic acids is 1. The van der Waals surface area contributed by atoms with Crippen LogP contribution in [0.2, 0.25) is 0 Å². The van der Waals surface area contributed by atoms with E-state index in [1.54, 1.807) is 16.7 Å². The van der Waals surface area contributed by atoms with Gasteiger partial charge in [0, 0.05) is 36.6 Å². The molecule has 2 fully saturated rings. The Morgan fingerprint density at radius 2 is 1.86 bits per heavy atom. The van der Waals surface area contributed by atoms with E-state index in [-0.39, 0.29) is 5.91 Å². The highest BCUT2D eigenvalue weighted by molar-refractivity contribution is 8.00. The highest BCUT2D eigenvalue weighted by atomic mass is 32.2. The molecule has 2 bridgehead atoms. The van der Waals surface area contributed by atoms with Crippen LogP contribution in [0.15, 0.2) is 29.2 Å². The predicted molar refractivity (Wildman–Crippen MR) is 86.8 cm³/mol. The lowest BCUT2D eigenvalue weighted by atomic mass is 9.98. The third-order valence-electron chi connectivity index (χ3n) is 5.05. The second kappa shape index (κ2) is 6.41. The Balaban J connectivity index is 1.45. The maximum absolute atomic E-state index is 12.1. The van der Waals surface area contributed by atoms with Crippen LogP contribution in [-0.2, 0) is 4.79 Å². The number of hydrogen-bond acceptors (Lipinski definition) is 2. The van der Waals surface area contributed by atoms with E-state index >= 15 is 0 Å². The summed E-state index contributed by atoms with van der Waals surface area (Å²) in [4.78, 5) is 15.0. The first-order valence-electron chi connectivity index (χ1n) is 7.94. The van der Waals surface area contributed by atoms with Crippen molar-refractivity contribution in [2.45, 2.75) is 55.6 Å². The number of amides is 1. The summed E-state index contributed by atoms with van der Waals surface area (Å²) in [5.41, 5.74) is 1.26. The van der Waals surface area contributed by atoms with Crippen molar-refractivity contribution < 1.29 is 9.69 Å². The largest absolute Gasteiger partial charge is 0.352 e. The molecular formula is C17H25N2OS+. The third kappa shape index (κ3) is 3.61. The summed E-state index contributed by atoms with van der Waals surface area (Å²) >= 11 is 1.63. The molecule has 2 heterocycles. The van der Waals surface area contributed by atoms with Crippen LogP contribution >= 0.6 is 11.8 Å². The number of aryl methyl sites for hydroxylation is 1. The van der Waals surface area contributed by atoms with Crippen LogP contribution < -0.4 is 10.2 Å². The van der Waals surface area contributed by atoms with E-state index in [0.717, 1.165) is 24.9 Å². The van der Waals surface area contributed by atoms with Gasteiger partial charge in [0.05, 0.1) is 24.9 Å². The number of carbonyl (C=O) groups is 1. The number of nitrogens with one attached hydrogen (secondary N) is 2. The molecule has 1 amide bonds. The molecule has 2 saturated heterocycles. The van der Waals surface area contributed by atoms with Gasteiger partial charge in [0.1, 0.15) is 0 Å². The van der Waals surface area contributed by atoms with Crippen molar-refractivity contribution in [2.24, 2.45) is 0 Å². The number of fused-ring (bicyclic) bond motifs is 2. The number of rotatable bonds is 4. The van der Waals surface area contributed by atoms with Crippen molar-refractivity contribution >= 4 is 17.7 Å². The van der Waals surface area contributed by atoms with E-state index in [0.29, 0.717) is 11.8 Å². The number of benzene rings is 1. The van der Waals surface area contributed by atoms with Gasteiger partial charge in [0.15, 0.2) is 0 Å². The van der Waals surface area contributed by atoms with Crippen molar-refractivity contribution in [3.63, 3.8) is 0 Å². The van der Waals surface area contributed by atoms with Crippen LogP contribution in [0.4, 0.5) is 0 Å². The first-order chi connectivity index (χ1) is 10.1. The first kappa shape index (κ1) is 14.9. The molecule has 2 N–H and O–H groups in total. The fourth-order valence-corrected chi connectivity index (χ4v) is 4.46. The van der Waals surface area contributed by atoms with Crippen LogP contribution in [-0.4, -0.2) is 36.8 Å². The molecule has 3 rings (SSSR count). The molecule has 2 aliphatic rings. The molecule has 21 heavy (non-hydrogen) atoms. The molecule has 0 aromatic heterocycles. The van der Waals surface area contributed by atoms with Crippen LogP contribution in [0.3, 0.4) is 0 Å². The van der Waals surface area contributed by atoms with E-state index in [1.807, 2.05) is 0 Å². The van der Waals surface area contributed by atoms with Gasteiger partial charge in [-0.15, -0.1) is 11.8 Å². The lowest BCUT2D eigenvalue weighted by Crippen LogP contribution is -3.15. The molecule has 1 aromatic rings. The standard InChI is InChI=1S/C17H24N2OS/c1-12-3-7-16(8-4-12)21-11-17(20)18-13-9-14-5-6-15(10-13)19(14)2/h3-4,7-8,13-15H,5-6,9-11H2,1-2H3,(H,18,20)/p+1/t13?,14-,15+. The fourth-order valence-electron chi connectivity index (χ4n) is 3.75. The van der Waals surface area contributed by atoms with Crippen molar-refractivity contribution in [3.8, 4) is 0 Å². The summed E-state index contributed by atoms with van der Waals surface area (Å²) in [6, 6.07) is 10.3. The van der Waals surface area contributed by atoms with Crippen molar-refractivity contribution in [1.82, 2.24) is 5.32 Å². The molecule has 3 nitrogen and oxygen atoms in total. The Morgan fingerprint density at radius 1 is 1.24 bits per heavy atom. The molecular weight excluding hydrogens is 280 g/mol. The average molecular weight is 305 g/mol. The Labute approximate surface area is 131 Å². The Bertz CT molecular complexity index is 488. The lowest BCUT2D eigenvalue weighted by molar-refractivity contribution is -0.922. The minimum Gasteiger partial charge on any atom is -0.352 e.